The second kappa shape index (κ2) is 5.28. The molecule has 0 aromatic heterocycles. The van der Waals surface area contributed by atoms with E-state index >= 15 is 0 Å². The minimum absolute atomic E-state index is 0.340. The minimum atomic E-state index is -1.80. The lowest BCUT2D eigenvalue weighted by Crippen LogP contribution is -2.32. The predicted octanol–water partition coefficient (Wildman–Crippen LogP) is 4.59. The number of ketones is 1. The summed E-state index contributed by atoms with van der Waals surface area (Å²) in [5.74, 6) is -0.750. The standard InChI is InChI=1S/C17H21FO/c1-4-5-11-14-12(2)16(19)17(3,18)15(14)13-9-7-6-8-10-13/h6-10,15H,4-5,11H2,1-3H3/t15-,17-/m0/s1. The van der Waals surface area contributed by atoms with Crippen molar-refractivity contribution in [3.63, 3.8) is 0 Å². The van der Waals surface area contributed by atoms with Crippen LogP contribution in [0.2, 0.25) is 0 Å². The molecule has 0 heterocycles. The van der Waals surface area contributed by atoms with Gasteiger partial charge in [-0.2, -0.15) is 0 Å². The van der Waals surface area contributed by atoms with Gasteiger partial charge in [0, 0.05) is 5.92 Å². The maximum Gasteiger partial charge on any atom is 0.196 e. The van der Waals surface area contributed by atoms with Crippen LogP contribution in [-0.4, -0.2) is 11.5 Å². The summed E-state index contributed by atoms with van der Waals surface area (Å²) in [5, 5.41) is 0. The summed E-state index contributed by atoms with van der Waals surface area (Å²) in [6.45, 7) is 5.31. The molecule has 1 aromatic rings. The summed E-state index contributed by atoms with van der Waals surface area (Å²) < 4.78 is 14.9. The molecule has 2 atom stereocenters. The molecule has 1 aliphatic rings. The van der Waals surface area contributed by atoms with E-state index in [1.807, 2.05) is 30.3 Å². The number of carbonyl (C=O) groups excluding carboxylic acids is 1. The van der Waals surface area contributed by atoms with Gasteiger partial charge in [-0.25, -0.2) is 4.39 Å². The number of hydrogen-bond donors (Lipinski definition) is 0. The van der Waals surface area contributed by atoms with Gasteiger partial charge in [-0.3, -0.25) is 4.79 Å². The van der Waals surface area contributed by atoms with Crippen molar-refractivity contribution in [1.29, 1.82) is 0 Å². The van der Waals surface area contributed by atoms with Gasteiger partial charge in [0.15, 0.2) is 11.5 Å². The highest BCUT2D eigenvalue weighted by atomic mass is 19.1. The quantitative estimate of drug-likeness (QED) is 0.774. The van der Waals surface area contributed by atoms with Crippen molar-refractivity contribution in [2.75, 3.05) is 0 Å². The van der Waals surface area contributed by atoms with Gasteiger partial charge in [-0.05, 0) is 37.8 Å². The highest BCUT2D eigenvalue weighted by Gasteiger charge is 2.50. The molecular weight excluding hydrogens is 239 g/mol. The molecule has 0 fully saturated rings. The van der Waals surface area contributed by atoms with E-state index in [2.05, 4.69) is 6.92 Å². The van der Waals surface area contributed by atoms with E-state index in [0.29, 0.717) is 5.57 Å². The first-order valence-electron chi connectivity index (χ1n) is 6.98. The molecule has 0 N–H and O–H groups in total. The maximum atomic E-state index is 14.9. The van der Waals surface area contributed by atoms with Crippen molar-refractivity contribution in [2.45, 2.75) is 51.6 Å². The first-order chi connectivity index (χ1) is 9.00. The number of Topliss-reactive ketones (excluding diaryl/α,β-unsaturated/α-hetero) is 1. The van der Waals surface area contributed by atoms with Crippen molar-refractivity contribution < 1.29 is 9.18 Å². The van der Waals surface area contributed by atoms with Gasteiger partial charge in [0.25, 0.3) is 0 Å². The Morgan fingerprint density at radius 1 is 1.26 bits per heavy atom. The van der Waals surface area contributed by atoms with Crippen LogP contribution in [0, 0.1) is 0 Å². The average Bonchev–Trinajstić information content (AvgIpc) is 2.58. The summed E-state index contributed by atoms with van der Waals surface area (Å²) in [6, 6.07) is 9.56. The van der Waals surface area contributed by atoms with E-state index in [4.69, 9.17) is 0 Å². The number of hydrogen-bond acceptors (Lipinski definition) is 1. The summed E-state index contributed by atoms with van der Waals surface area (Å²) in [6.07, 6.45) is 2.86. The number of unbranched alkanes of at least 4 members (excludes halogenated alkanes) is 1. The zero-order valence-corrected chi connectivity index (χ0v) is 11.9. The highest BCUT2D eigenvalue weighted by molar-refractivity contribution is 6.06. The van der Waals surface area contributed by atoms with Crippen LogP contribution in [0.15, 0.2) is 41.5 Å². The molecule has 0 saturated heterocycles. The van der Waals surface area contributed by atoms with E-state index < -0.39 is 11.6 Å². The number of allylic oxidation sites excluding steroid dienone is 2. The third-order valence-electron chi connectivity index (χ3n) is 4.09. The predicted molar refractivity (Wildman–Crippen MR) is 75.9 cm³/mol. The summed E-state index contributed by atoms with van der Waals surface area (Å²) in [4.78, 5) is 12.2. The second-order valence-electron chi connectivity index (χ2n) is 5.50. The third kappa shape index (κ3) is 2.36. The van der Waals surface area contributed by atoms with Crippen LogP contribution >= 0.6 is 0 Å². The Bertz CT molecular complexity index is 499. The SMILES string of the molecule is CCCCC1=C(C)C(=O)[C@@](C)(F)[C@H]1c1ccccc1. The normalized spacial score (nSPS) is 27.2. The summed E-state index contributed by atoms with van der Waals surface area (Å²) in [5.41, 5.74) is 0.730. The molecule has 19 heavy (non-hydrogen) atoms. The fourth-order valence-corrected chi connectivity index (χ4v) is 3.05. The smallest absolute Gasteiger partial charge is 0.196 e. The summed E-state index contributed by atoms with van der Waals surface area (Å²) in [7, 11) is 0. The monoisotopic (exact) mass is 260 g/mol. The van der Waals surface area contributed by atoms with Gasteiger partial charge in [0.1, 0.15) is 0 Å². The Morgan fingerprint density at radius 3 is 2.47 bits per heavy atom. The Kier molecular flexibility index (Phi) is 3.88. The molecule has 1 nitrogen and oxygen atoms in total. The minimum Gasteiger partial charge on any atom is -0.291 e. The van der Waals surface area contributed by atoms with Crippen molar-refractivity contribution >= 4 is 5.78 Å². The topological polar surface area (TPSA) is 17.1 Å². The number of benzene rings is 1. The lowest BCUT2D eigenvalue weighted by molar-refractivity contribution is -0.124. The average molecular weight is 260 g/mol. The van der Waals surface area contributed by atoms with Crippen LogP contribution in [-0.2, 0) is 4.79 Å². The Balaban J connectivity index is 2.45. The van der Waals surface area contributed by atoms with Crippen LogP contribution in [0.1, 0.15) is 51.5 Å². The molecule has 0 aliphatic heterocycles. The van der Waals surface area contributed by atoms with Gasteiger partial charge in [-0.1, -0.05) is 49.2 Å². The lowest BCUT2D eigenvalue weighted by Gasteiger charge is -2.25. The number of alkyl halides is 1. The molecule has 0 spiro atoms. The number of halogens is 1. The van der Waals surface area contributed by atoms with Gasteiger partial charge < -0.3 is 0 Å². The lowest BCUT2D eigenvalue weighted by atomic mass is 9.82. The Hall–Kier alpha value is -1.44. The molecule has 0 saturated carbocycles. The maximum absolute atomic E-state index is 14.9. The molecule has 0 bridgehead atoms. The van der Waals surface area contributed by atoms with Crippen molar-refractivity contribution in [1.82, 2.24) is 0 Å². The van der Waals surface area contributed by atoms with E-state index in [9.17, 15) is 9.18 Å². The Morgan fingerprint density at radius 2 is 1.89 bits per heavy atom. The van der Waals surface area contributed by atoms with Crippen LogP contribution in [0.3, 0.4) is 0 Å². The van der Waals surface area contributed by atoms with E-state index in [1.165, 1.54) is 6.92 Å². The fraction of sp³-hybridized carbons (Fsp3) is 0.471. The molecule has 102 valence electrons. The van der Waals surface area contributed by atoms with Crippen molar-refractivity contribution in [3.05, 3.63) is 47.0 Å². The molecule has 1 aliphatic carbocycles. The zero-order chi connectivity index (χ0) is 14.0. The molecule has 0 amide bonds. The number of carbonyl (C=O) groups is 1. The molecule has 1 aromatic carbocycles. The van der Waals surface area contributed by atoms with Crippen LogP contribution in [0.5, 0.6) is 0 Å². The van der Waals surface area contributed by atoms with E-state index in [-0.39, 0.29) is 5.78 Å². The van der Waals surface area contributed by atoms with Gasteiger partial charge in [0.05, 0.1) is 0 Å². The highest BCUT2D eigenvalue weighted by Crippen LogP contribution is 2.48. The van der Waals surface area contributed by atoms with Gasteiger partial charge >= 0.3 is 0 Å². The first-order valence-corrected chi connectivity index (χ1v) is 6.98. The fourth-order valence-electron chi connectivity index (χ4n) is 3.05. The van der Waals surface area contributed by atoms with E-state index in [1.54, 1.807) is 6.92 Å². The zero-order valence-electron chi connectivity index (χ0n) is 11.9. The number of rotatable bonds is 4. The van der Waals surface area contributed by atoms with Crippen LogP contribution in [0.25, 0.3) is 0 Å². The molecular formula is C17H21FO. The largest absolute Gasteiger partial charge is 0.291 e. The van der Waals surface area contributed by atoms with Gasteiger partial charge in [0.2, 0.25) is 0 Å². The van der Waals surface area contributed by atoms with Crippen molar-refractivity contribution in [3.8, 4) is 0 Å². The molecule has 0 unspecified atom stereocenters. The molecule has 2 rings (SSSR count). The first kappa shape index (κ1) is 14.0. The van der Waals surface area contributed by atoms with Crippen LogP contribution in [0.4, 0.5) is 4.39 Å². The second-order valence-corrected chi connectivity index (χ2v) is 5.50. The van der Waals surface area contributed by atoms with Crippen LogP contribution < -0.4 is 0 Å². The molecule has 2 heteroatoms. The Labute approximate surface area is 114 Å². The van der Waals surface area contributed by atoms with Crippen molar-refractivity contribution in [2.24, 2.45) is 0 Å². The third-order valence-corrected chi connectivity index (χ3v) is 4.09. The van der Waals surface area contributed by atoms with E-state index in [0.717, 1.165) is 30.4 Å². The van der Waals surface area contributed by atoms with Gasteiger partial charge in [-0.15, -0.1) is 0 Å². The summed E-state index contributed by atoms with van der Waals surface area (Å²) >= 11 is 0. The molecule has 0 radical (unpaired) electrons.